The lowest BCUT2D eigenvalue weighted by Gasteiger charge is -2.20. The van der Waals surface area contributed by atoms with Crippen molar-refractivity contribution in [1.82, 2.24) is 4.98 Å². The minimum absolute atomic E-state index is 0.0869. The van der Waals surface area contributed by atoms with Gasteiger partial charge in [0.05, 0.1) is 11.3 Å². The molecule has 0 amide bonds. The van der Waals surface area contributed by atoms with Crippen LogP contribution in [0.5, 0.6) is 0 Å². The van der Waals surface area contributed by atoms with Crippen LogP contribution >= 0.6 is 0 Å². The average molecular weight is 331 g/mol. The second-order valence-corrected chi connectivity index (χ2v) is 4.64. The maximum atomic E-state index is 13.7. The molecule has 1 atom stereocenters. The number of pyridine rings is 1. The summed E-state index contributed by atoms with van der Waals surface area (Å²) in [5, 5.41) is 0. The van der Waals surface area contributed by atoms with Gasteiger partial charge in [-0.3, -0.25) is 4.98 Å². The Morgan fingerprint density at radius 1 is 1.13 bits per heavy atom. The van der Waals surface area contributed by atoms with E-state index in [1.165, 1.54) is 19.1 Å². The summed E-state index contributed by atoms with van der Waals surface area (Å²) < 4.78 is 70.6. The fourth-order valence-electron chi connectivity index (χ4n) is 1.80. The SMILES string of the molecule is Cc1ccc(C(=O)OC(c2ccccn2)C(F)(F)F)c(F)c1F. The van der Waals surface area contributed by atoms with Crippen molar-refractivity contribution < 1.29 is 31.5 Å². The monoisotopic (exact) mass is 331 g/mol. The summed E-state index contributed by atoms with van der Waals surface area (Å²) in [6, 6.07) is 5.60. The van der Waals surface area contributed by atoms with E-state index in [0.717, 1.165) is 24.4 Å². The molecule has 2 rings (SSSR count). The average Bonchev–Trinajstić information content (AvgIpc) is 2.50. The van der Waals surface area contributed by atoms with E-state index in [-0.39, 0.29) is 5.56 Å². The number of alkyl halides is 3. The number of hydrogen-bond acceptors (Lipinski definition) is 3. The number of esters is 1. The summed E-state index contributed by atoms with van der Waals surface area (Å²) in [5.74, 6) is -4.51. The summed E-state index contributed by atoms with van der Waals surface area (Å²) >= 11 is 0. The van der Waals surface area contributed by atoms with Crippen molar-refractivity contribution in [3.63, 3.8) is 0 Å². The summed E-state index contributed by atoms with van der Waals surface area (Å²) in [6.45, 7) is 1.25. The van der Waals surface area contributed by atoms with Gasteiger partial charge in [0.15, 0.2) is 11.6 Å². The van der Waals surface area contributed by atoms with Crippen LogP contribution in [-0.4, -0.2) is 17.1 Å². The number of aryl methyl sites for hydroxylation is 1. The second kappa shape index (κ2) is 6.31. The Bertz CT molecular complexity index is 716. The number of carbonyl (C=O) groups excluding carboxylic acids is 1. The maximum Gasteiger partial charge on any atom is 0.431 e. The molecule has 0 fully saturated rings. The third kappa shape index (κ3) is 3.64. The van der Waals surface area contributed by atoms with Gasteiger partial charge in [0, 0.05) is 6.20 Å². The molecule has 0 saturated carbocycles. The van der Waals surface area contributed by atoms with Crippen molar-refractivity contribution in [2.75, 3.05) is 0 Å². The number of carbonyl (C=O) groups is 1. The van der Waals surface area contributed by atoms with Crippen LogP contribution in [0, 0.1) is 18.6 Å². The highest BCUT2D eigenvalue weighted by molar-refractivity contribution is 5.90. The molecule has 1 heterocycles. The van der Waals surface area contributed by atoms with E-state index in [4.69, 9.17) is 0 Å². The number of aromatic nitrogens is 1. The van der Waals surface area contributed by atoms with E-state index in [9.17, 15) is 26.7 Å². The smallest absolute Gasteiger partial charge is 0.431 e. The quantitative estimate of drug-likeness (QED) is 0.627. The van der Waals surface area contributed by atoms with E-state index in [0.29, 0.717) is 0 Å². The van der Waals surface area contributed by atoms with Crippen LogP contribution in [0.25, 0.3) is 0 Å². The molecule has 122 valence electrons. The molecule has 0 spiro atoms. The molecule has 0 N–H and O–H groups in total. The van der Waals surface area contributed by atoms with Crippen molar-refractivity contribution in [2.24, 2.45) is 0 Å². The lowest BCUT2D eigenvalue weighted by atomic mass is 10.1. The molecule has 0 aliphatic rings. The predicted molar refractivity (Wildman–Crippen MR) is 69.5 cm³/mol. The van der Waals surface area contributed by atoms with Crippen LogP contribution in [0.1, 0.15) is 27.7 Å². The molecule has 1 aromatic heterocycles. The zero-order valence-electron chi connectivity index (χ0n) is 11.7. The van der Waals surface area contributed by atoms with Crippen LogP contribution < -0.4 is 0 Å². The van der Waals surface area contributed by atoms with E-state index in [2.05, 4.69) is 9.72 Å². The van der Waals surface area contributed by atoms with Gasteiger partial charge < -0.3 is 4.74 Å². The molecule has 23 heavy (non-hydrogen) atoms. The van der Waals surface area contributed by atoms with Gasteiger partial charge >= 0.3 is 12.1 Å². The van der Waals surface area contributed by atoms with Gasteiger partial charge in [0.25, 0.3) is 0 Å². The first kappa shape index (κ1) is 16.9. The molecule has 0 aliphatic carbocycles. The number of halogens is 5. The van der Waals surface area contributed by atoms with Crippen LogP contribution in [0.2, 0.25) is 0 Å². The highest BCUT2D eigenvalue weighted by Crippen LogP contribution is 2.35. The summed E-state index contributed by atoms with van der Waals surface area (Å²) in [4.78, 5) is 15.3. The lowest BCUT2D eigenvalue weighted by molar-refractivity contribution is -0.208. The molecule has 8 heteroatoms. The van der Waals surface area contributed by atoms with Gasteiger partial charge in [0.1, 0.15) is 0 Å². The molecular weight excluding hydrogens is 321 g/mol. The fraction of sp³-hybridized carbons (Fsp3) is 0.200. The van der Waals surface area contributed by atoms with E-state index < -0.39 is 41.1 Å². The Kier molecular flexibility index (Phi) is 4.63. The first-order valence-corrected chi connectivity index (χ1v) is 6.35. The van der Waals surface area contributed by atoms with Crippen LogP contribution in [-0.2, 0) is 4.74 Å². The van der Waals surface area contributed by atoms with Gasteiger partial charge in [-0.05, 0) is 30.7 Å². The largest absolute Gasteiger partial charge is 0.442 e. The standard InChI is InChI=1S/C15H10F5NO2/c1-8-5-6-9(12(17)11(8)16)14(22)23-13(15(18,19)20)10-4-2-3-7-21-10/h2-7,13H,1H3. The van der Waals surface area contributed by atoms with E-state index in [1.54, 1.807) is 0 Å². The molecule has 2 aromatic rings. The van der Waals surface area contributed by atoms with Crippen molar-refractivity contribution >= 4 is 5.97 Å². The number of hydrogen-bond donors (Lipinski definition) is 0. The molecule has 1 unspecified atom stereocenters. The van der Waals surface area contributed by atoms with E-state index in [1.807, 2.05) is 0 Å². The zero-order valence-corrected chi connectivity index (χ0v) is 11.7. The Hall–Kier alpha value is -2.51. The molecule has 3 nitrogen and oxygen atoms in total. The van der Waals surface area contributed by atoms with Crippen molar-refractivity contribution in [1.29, 1.82) is 0 Å². The first-order chi connectivity index (χ1) is 10.7. The predicted octanol–water partition coefficient (Wildman–Crippen LogP) is 4.13. The van der Waals surface area contributed by atoms with Gasteiger partial charge in [0.2, 0.25) is 6.10 Å². The number of benzene rings is 1. The Morgan fingerprint density at radius 2 is 1.83 bits per heavy atom. The number of rotatable bonds is 3. The Balaban J connectivity index is 2.34. The maximum absolute atomic E-state index is 13.7. The minimum atomic E-state index is -4.95. The summed E-state index contributed by atoms with van der Waals surface area (Å²) in [5.41, 5.74) is -1.57. The van der Waals surface area contributed by atoms with Gasteiger partial charge in [-0.1, -0.05) is 12.1 Å². The van der Waals surface area contributed by atoms with Gasteiger partial charge in [-0.25, -0.2) is 13.6 Å². The van der Waals surface area contributed by atoms with Gasteiger partial charge in [-0.15, -0.1) is 0 Å². The molecule has 0 saturated heterocycles. The normalized spacial score (nSPS) is 12.8. The highest BCUT2D eigenvalue weighted by Gasteiger charge is 2.45. The van der Waals surface area contributed by atoms with Crippen LogP contribution in [0.3, 0.4) is 0 Å². The Labute approximate surface area is 127 Å². The van der Waals surface area contributed by atoms with Crippen molar-refractivity contribution in [3.05, 3.63) is 65.0 Å². The summed E-state index contributed by atoms with van der Waals surface area (Å²) in [6.07, 6.45) is -6.54. The van der Waals surface area contributed by atoms with Crippen molar-refractivity contribution in [3.8, 4) is 0 Å². The third-order valence-electron chi connectivity index (χ3n) is 2.97. The first-order valence-electron chi connectivity index (χ1n) is 6.35. The topological polar surface area (TPSA) is 39.2 Å². The zero-order chi connectivity index (χ0) is 17.2. The van der Waals surface area contributed by atoms with Gasteiger partial charge in [-0.2, -0.15) is 13.2 Å². The molecule has 1 aromatic carbocycles. The molecule has 0 radical (unpaired) electrons. The summed E-state index contributed by atoms with van der Waals surface area (Å²) in [7, 11) is 0. The molecule has 0 aliphatic heterocycles. The fourth-order valence-corrected chi connectivity index (χ4v) is 1.80. The van der Waals surface area contributed by atoms with Crippen molar-refractivity contribution in [2.45, 2.75) is 19.2 Å². The number of nitrogens with zero attached hydrogens (tertiary/aromatic N) is 1. The highest BCUT2D eigenvalue weighted by atomic mass is 19.4. The number of ether oxygens (including phenoxy) is 1. The molecular formula is C15H10F5NO2. The third-order valence-corrected chi connectivity index (χ3v) is 2.97. The lowest BCUT2D eigenvalue weighted by Crippen LogP contribution is -2.27. The van der Waals surface area contributed by atoms with Crippen LogP contribution in [0.4, 0.5) is 22.0 Å². The molecule has 0 bridgehead atoms. The van der Waals surface area contributed by atoms with E-state index >= 15 is 0 Å². The second-order valence-electron chi connectivity index (χ2n) is 4.64. The minimum Gasteiger partial charge on any atom is -0.442 e. The van der Waals surface area contributed by atoms with Crippen LogP contribution in [0.15, 0.2) is 36.5 Å². The Morgan fingerprint density at radius 3 is 2.39 bits per heavy atom.